The van der Waals surface area contributed by atoms with Crippen molar-refractivity contribution in [2.24, 2.45) is 12.0 Å². The monoisotopic (exact) mass is 337 g/mol. The average Bonchev–Trinajstić information content (AvgIpc) is 3.30. The summed E-state index contributed by atoms with van der Waals surface area (Å²) in [5.74, 6) is 0.789. The van der Waals surface area contributed by atoms with Gasteiger partial charge in [-0.15, -0.1) is 0 Å². The van der Waals surface area contributed by atoms with E-state index >= 15 is 0 Å². The third-order valence-electron chi connectivity index (χ3n) is 3.85. The minimum Gasteiger partial charge on any atom is -0.356 e. The van der Waals surface area contributed by atoms with Crippen LogP contribution in [0.5, 0.6) is 0 Å². The maximum Gasteiger partial charge on any atom is 0.191 e. The van der Waals surface area contributed by atoms with Crippen molar-refractivity contribution < 1.29 is 0 Å². The molecular formula is C18H23N7. The van der Waals surface area contributed by atoms with Crippen molar-refractivity contribution in [2.45, 2.75) is 13.0 Å². The molecule has 130 valence electrons. The van der Waals surface area contributed by atoms with E-state index in [-0.39, 0.29) is 0 Å². The van der Waals surface area contributed by atoms with Gasteiger partial charge >= 0.3 is 0 Å². The molecule has 2 heterocycles. The van der Waals surface area contributed by atoms with Crippen molar-refractivity contribution in [3.63, 3.8) is 0 Å². The highest BCUT2D eigenvalue weighted by atomic mass is 15.3. The second-order valence-electron chi connectivity index (χ2n) is 5.74. The number of rotatable bonds is 6. The molecule has 0 saturated heterocycles. The van der Waals surface area contributed by atoms with Gasteiger partial charge in [0.15, 0.2) is 5.96 Å². The van der Waals surface area contributed by atoms with Gasteiger partial charge in [-0.25, -0.2) is 4.68 Å². The molecule has 2 aromatic heterocycles. The van der Waals surface area contributed by atoms with E-state index in [0.29, 0.717) is 6.54 Å². The summed E-state index contributed by atoms with van der Waals surface area (Å²) in [6.07, 6.45) is 8.48. The highest BCUT2D eigenvalue weighted by Gasteiger charge is 2.01. The lowest BCUT2D eigenvalue weighted by Gasteiger charge is -2.11. The number of nitrogens with one attached hydrogen (secondary N) is 2. The summed E-state index contributed by atoms with van der Waals surface area (Å²) in [6, 6.07) is 10.3. The summed E-state index contributed by atoms with van der Waals surface area (Å²) < 4.78 is 3.65. The van der Waals surface area contributed by atoms with E-state index in [0.717, 1.165) is 30.2 Å². The molecule has 3 aromatic rings. The Morgan fingerprint density at radius 3 is 2.60 bits per heavy atom. The molecule has 0 bridgehead atoms. The summed E-state index contributed by atoms with van der Waals surface area (Å²) >= 11 is 0. The van der Waals surface area contributed by atoms with Crippen LogP contribution in [0.3, 0.4) is 0 Å². The Morgan fingerprint density at radius 1 is 1.12 bits per heavy atom. The van der Waals surface area contributed by atoms with Crippen LogP contribution in [-0.4, -0.2) is 39.1 Å². The minimum absolute atomic E-state index is 0.700. The van der Waals surface area contributed by atoms with Gasteiger partial charge in [0, 0.05) is 51.3 Å². The quantitative estimate of drug-likeness (QED) is 0.528. The van der Waals surface area contributed by atoms with Crippen LogP contribution in [0.25, 0.3) is 5.69 Å². The van der Waals surface area contributed by atoms with E-state index in [9.17, 15) is 0 Å². The molecule has 7 heteroatoms. The van der Waals surface area contributed by atoms with Gasteiger partial charge < -0.3 is 10.6 Å². The first-order chi connectivity index (χ1) is 12.2. The number of guanidine groups is 1. The average molecular weight is 337 g/mol. The lowest BCUT2D eigenvalue weighted by molar-refractivity contribution is 0.764. The smallest absolute Gasteiger partial charge is 0.191 e. The Labute approximate surface area is 147 Å². The summed E-state index contributed by atoms with van der Waals surface area (Å²) in [6.45, 7) is 1.51. The zero-order chi connectivity index (χ0) is 17.5. The molecule has 0 aliphatic heterocycles. The van der Waals surface area contributed by atoms with Gasteiger partial charge in [0.05, 0.1) is 11.9 Å². The van der Waals surface area contributed by atoms with Crippen LogP contribution in [0.1, 0.15) is 11.1 Å². The molecular weight excluding hydrogens is 314 g/mol. The minimum atomic E-state index is 0.700. The van der Waals surface area contributed by atoms with E-state index in [1.54, 1.807) is 17.9 Å². The van der Waals surface area contributed by atoms with Crippen LogP contribution in [0, 0.1) is 0 Å². The van der Waals surface area contributed by atoms with Gasteiger partial charge in [-0.2, -0.15) is 10.2 Å². The molecule has 0 radical (unpaired) electrons. The fourth-order valence-electron chi connectivity index (χ4n) is 2.53. The number of hydrogen-bond donors (Lipinski definition) is 2. The molecule has 0 aliphatic carbocycles. The number of benzene rings is 1. The number of nitrogens with zero attached hydrogens (tertiary/aromatic N) is 5. The summed E-state index contributed by atoms with van der Waals surface area (Å²) in [5.41, 5.74) is 3.46. The maximum atomic E-state index is 4.24. The molecule has 3 rings (SSSR count). The number of aromatic nitrogens is 4. The summed E-state index contributed by atoms with van der Waals surface area (Å²) in [5, 5.41) is 15.0. The molecule has 1 aromatic carbocycles. The predicted molar refractivity (Wildman–Crippen MR) is 98.7 cm³/mol. The van der Waals surface area contributed by atoms with Gasteiger partial charge in [0.2, 0.25) is 0 Å². The number of hydrogen-bond acceptors (Lipinski definition) is 3. The maximum absolute atomic E-state index is 4.24. The van der Waals surface area contributed by atoms with Crippen molar-refractivity contribution in [1.29, 1.82) is 0 Å². The van der Waals surface area contributed by atoms with E-state index in [1.165, 1.54) is 5.56 Å². The Balaban J connectivity index is 1.44. The molecule has 25 heavy (non-hydrogen) atoms. The molecule has 0 saturated carbocycles. The van der Waals surface area contributed by atoms with Crippen LogP contribution in [0.4, 0.5) is 0 Å². The summed E-state index contributed by atoms with van der Waals surface area (Å²) in [7, 11) is 3.69. The largest absolute Gasteiger partial charge is 0.356 e. The molecule has 0 unspecified atom stereocenters. The molecule has 0 amide bonds. The third-order valence-corrected chi connectivity index (χ3v) is 3.85. The van der Waals surface area contributed by atoms with Gasteiger partial charge in [0.25, 0.3) is 0 Å². The first-order valence-electron chi connectivity index (χ1n) is 8.25. The normalized spacial score (nSPS) is 11.5. The topological polar surface area (TPSA) is 72.1 Å². The lowest BCUT2D eigenvalue weighted by Crippen LogP contribution is -2.37. The first kappa shape index (κ1) is 16.8. The van der Waals surface area contributed by atoms with Gasteiger partial charge in [-0.3, -0.25) is 9.67 Å². The molecule has 0 fully saturated rings. The highest BCUT2D eigenvalue weighted by Crippen LogP contribution is 2.08. The van der Waals surface area contributed by atoms with Crippen molar-refractivity contribution >= 4 is 5.96 Å². The van der Waals surface area contributed by atoms with E-state index in [2.05, 4.69) is 50.1 Å². The standard InChI is InChI=1S/C18H23N7/c1-19-18(21-12-16-13-23-24(2)14-16)20-10-8-15-4-6-17(7-5-15)25-11-3-9-22-25/h3-7,9,11,13-14H,8,10,12H2,1-2H3,(H2,19,20,21). The van der Waals surface area contributed by atoms with Crippen molar-refractivity contribution in [1.82, 2.24) is 30.2 Å². The van der Waals surface area contributed by atoms with Gasteiger partial charge in [-0.1, -0.05) is 12.1 Å². The van der Waals surface area contributed by atoms with Crippen LogP contribution >= 0.6 is 0 Å². The number of aryl methyl sites for hydroxylation is 1. The predicted octanol–water partition coefficient (Wildman–Crippen LogP) is 1.51. The van der Waals surface area contributed by atoms with Crippen LogP contribution in [-0.2, 0) is 20.0 Å². The highest BCUT2D eigenvalue weighted by molar-refractivity contribution is 5.79. The van der Waals surface area contributed by atoms with Crippen molar-refractivity contribution in [2.75, 3.05) is 13.6 Å². The van der Waals surface area contributed by atoms with Crippen LogP contribution in [0.2, 0.25) is 0 Å². The zero-order valence-corrected chi connectivity index (χ0v) is 14.6. The Hall–Kier alpha value is -3.09. The molecule has 0 aliphatic rings. The van der Waals surface area contributed by atoms with Crippen molar-refractivity contribution in [3.8, 4) is 5.69 Å². The van der Waals surface area contributed by atoms with Crippen LogP contribution in [0.15, 0.2) is 60.1 Å². The van der Waals surface area contributed by atoms with E-state index in [4.69, 9.17) is 0 Å². The Bertz CT molecular complexity index is 800. The SMILES string of the molecule is CN=C(NCCc1ccc(-n2cccn2)cc1)NCc1cnn(C)c1. The summed E-state index contributed by atoms with van der Waals surface area (Å²) in [4.78, 5) is 4.24. The molecule has 2 N–H and O–H groups in total. The van der Waals surface area contributed by atoms with Crippen LogP contribution < -0.4 is 10.6 Å². The fourth-order valence-corrected chi connectivity index (χ4v) is 2.53. The second kappa shape index (κ2) is 8.14. The second-order valence-corrected chi connectivity index (χ2v) is 5.74. The zero-order valence-electron chi connectivity index (χ0n) is 14.6. The van der Waals surface area contributed by atoms with Gasteiger partial charge in [0.1, 0.15) is 0 Å². The Morgan fingerprint density at radius 2 is 1.96 bits per heavy atom. The third kappa shape index (κ3) is 4.69. The number of aliphatic imine (C=N–C) groups is 1. The van der Waals surface area contributed by atoms with Crippen molar-refractivity contribution in [3.05, 3.63) is 66.2 Å². The van der Waals surface area contributed by atoms with E-state index in [1.807, 2.05) is 36.4 Å². The molecule has 0 atom stereocenters. The molecule has 7 nitrogen and oxygen atoms in total. The lowest BCUT2D eigenvalue weighted by atomic mass is 10.1. The Kier molecular flexibility index (Phi) is 5.46. The fraction of sp³-hybridized carbons (Fsp3) is 0.278. The molecule has 0 spiro atoms. The van der Waals surface area contributed by atoms with E-state index < -0.39 is 0 Å². The van der Waals surface area contributed by atoms with Gasteiger partial charge in [-0.05, 0) is 30.2 Å². The first-order valence-corrected chi connectivity index (χ1v) is 8.25.